The third-order valence-corrected chi connectivity index (χ3v) is 3.07. The second-order valence-corrected chi connectivity index (χ2v) is 4.66. The number of hydrogen-bond donors (Lipinski definition) is 1. The first-order valence-corrected chi connectivity index (χ1v) is 5.95. The van der Waals surface area contributed by atoms with Gasteiger partial charge in [0, 0.05) is 21.8 Å². The molecule has 18 heavy (non-hydrogen) atoms. The van der Waals surface area contributed by atoms with Crippen LogP contribution in [0.15, 0.2) is 39.7 Å². The first kappa shape index (κ1) is 12.8. The Hall–Kier alpha value is -1.66. The summed E-state index contributed by atoms with van der Waals surface area (Å²) in [6, 6.07) is 6.13. The van der Waals surface area contributed by atoms with Crippen molar-refractivity contribution in [2.75, 3.05) is 0 Å². The predicted octanol–water partition coefficient (Wildman–Crippen LogP) is 2.35. The van der Waals surface area contributed by atoms with Crippen molar-refractivity contribution in [3.63, 3.8) is 0 Å². The molecule has 0 fully saturated rings. The molecule has 92 valence electrons. The Morgan fingerprint density at radius 1 is 1.39 bits per heavy atom. The zero-order chi connectivity index (χ0) is 13.3. The first-order valence-electron chi connectivity index (χ1n) is 4.78. The van der Waals surface area contributed by atoms with Gasteiger partial charge in [0.2, 0.25) is 11.1 Å². The number of benzene rings is 1. The van der Waals surface area contributed by atoms with Gasteiger partial charge in [-0.3, -0.25) is 4.79 Å². The lowest BCUT2D eigenvalue weighted by Crippen LogP contribution is -2.20. The number of aromatic nitrogens is 2. The van der Waals surface area contributed by atoms with E-state index in [9.17, 15) is 9.59 Å². The standard InChI is InChI=1S/C11H6BrClN2O3/c12-7-2-1-6(13)5-8(7)15-4-3-9(16)10(14-15)11(17)18/h1-5H,(H,17,18). The lowest BCUT2D eigenvalue weighted by Gasteiger charge is -2.08. The minimum atomic E-state index is -1.37. The van der Waals surface area contributed by atoms with Gasteiger partial charge in [0.05, 0.1) is 5.69 Å². The lowest BCUT2D eigenvalue weighted by molar-refractivity contribution is 0.0687. The zero-order valence-electron chi connectivity index (χ0n) is 8.80. The molecule has 1 aromatic carbocycles. The molecular formula is C11H6BrClN2O3. The van der Waals surface area contributed by atoms with Crippen molar-refractivity contribution in [2.45, 2.75) is 0 Å². The van der Waals surface area contributed by atoms with Crippen LogP contribution in [0.25, 0.3) is 5.69 Å². The van der Waals surface area contributed by atoms with Gasteiger partial charge in [-0.05, 0) is 34.1 Å². The van der Waals surface area contributed by atoms with E-state index in [-0.39, 0.29) is 0 Å². The zero-order valence-corrected chi connectivity index (χ0v) is 11.1. The highest BCUT2D eigenvalue weighted by Gasteiger charge is 2.12. The second kappa shape index (κ2) is 4.91. The number of nitrogens with zero attached hydrogens (tertiary/aromatic N) is 2. The quantitative estimate of drug-likeness (QED) is 0.918. The molecule has 7 heteroatoms. The summed E-state index contributed by atoms with van der Waals surface area (Å²) in [7, 11) is 0. The van der Waals surface area contributed by atoms with Gasteiger partial charge in [-0.2, -0.15) is 5.10 Å². The highest BCUT2D eigenvalue weighted by molar-refractivity contribution is 9.10. The van der Waals surface area contributed by atoms with Crippen molar-refractivity contribution in [1.82, 2.24) is 9.78 Å². The molecule has 0 saturated carbocycles. The van der Waals surface area contributed by atoms with E-state index < -0.39 is 17.1 Å². The molecule has 5 nitrogen and oxygen atoms in total. The van der Waals surface area contributed by atoms with Gasteiger partial charge in [0.25, 0.3) is 0 Å². The molecule has 0 bridgehead atoms. The number of hydrogen-bond acceptors (Lipinski definition) is 3. The Morgan fingerprint density at radius 3 is 2.78 bits per heavy atom. The van der Waals surface area contributed by atoms with E-state index in [4.69, 9.17) is 16.7 Å². The van der Waals surface area contributed by atoms with Crippen LogP contribution in [0.2, 0.25) is 5.02 Å². The topological polar surface area (TPSA) is 72.2 Å². The minimum Gasteiger partial charge on any atom is -0.476 e. The van der Waals surface area contributed by atoms with Gasteiger partial charge in [0.15, 0.2) is 0 Å². The highest BCUT2D eigenvalue weighted by Crippen LogP contribution is 2.23. The molecule has 0 aliphatic carbocycles. The number of carboxylic acids is 1. The van der Waals surface area contributed by atoms with E-state index in [0.29, 0.717) is 15.2 Å². The van der Waals surface area contributed by atoms with Gasteiger partial charge in [0.1, 0.15) is 0 Å². The predicted molar refractivity (Wildman–Crippen MR) is 69.5 cm³/mol. The fraction of sp³-hybridized carbons (Fsp3) is 0. The van der Waals surface area contributed by atoms with Crippen LogP contribution in [0, 0.1) is 0 Å². The van der Waals surface area contributed by atoms with Crippen LogP contribution in [-0.2, 0) is 0 Å². The summed E-state index contributed by atoms with van der Waals surface area (Å²) in [4.78, 5) is 22.1. The Kier molecular flexibility index (Phi) is 3.49. The van der Waals surface area contributed by atoms with Gasteiger partial charge in [-0.25, -0.2) is 9.48 Å². The third-order valence-electron chi connectivity index (χ3n) is 2.17. The molecule has 0 unspecified atom stereocenters. The molecule has 0 aliphatic rings. The fourth-order valence-corrected chi connectivity index (χ4v) is 1.95. The lowest BCUT2D eigenvalue weighted by atomic mass is 10.3. The molecule has 1 heterocycles. The van der Waals surface area contributed by atoms with Crippen LogP contribution in [0.3, 0.4) is 0 Å². The summed E-state index contributed by atoms with van der Waals surface area (Å²) < 4.78 is 1.96. The maximum atomic E-state index is 11.3. The summed E-state index contributed by atoms with van der Waals surface area (Å²) >= 11 is 9.16. The van der Waals surface area contributed by atoms with Crippen molar-refractivity contribution >= 4 is 33.5 Å². The number of carbonyl (C=O) groups is 1. The molecule has 2 aromatic rings. The Bertz CT molecular complexity index is 684. The van der Waals surface area contributed by atoms with Crippen LogP contribution >= 0.6 is 27.5 Å². The first-order chi connectivity index (χ1) is 8.49. The van der Waals surface area contributed by atoms with E-state index in [1.54, 1.807) is 18.2 Å². The summed E-state index contributed by atoms with van der Waals surface area (Å²) in [6.07, 6.45) is 1.38. The monoisotopic (exact) mass is 328 g/mol. The number of halogens is 2. The van der Waals surface area contributed by atoms with Gasteiger partial charge < -0.3 is 5.11 Å². The van der Waals surface area contributed by atoms with Crippen LogP contribution < -0.4 is 5.43 Å². The third kappa shape index (κ3) is 2.44. The number of carboxylic acid groups (broad SMARTS) is 1. The molecule has 1 aromatic heterocycles. The van der Waals surface area contributed by atoms with Crippen LogP contribution in [0.5, 0.6) is 0 Å². The van der Waals surface area contributed by atoms with E-state index in [0.717, 1.165) is 6.07 Å². The smallest absolute Gasteiger partial charge is 0.360 e. The average molecular weight is 330 g/mol. The largest absolute Gasteiger partial charge is 0.476 e. The number of rotatable bonds is 2. The minimum absolute atomic E-state index is 0.477. The van der Waals surface area contributed by atoms with Crippen LogP contribution in [-0.4, -0.2) is 20.9 Å². The molecule has 0 spiro atoms. The molecule has 1 N–H and O–H groups in total. The maximum Gasteiger partial charge on any atom is 0.360 e. The molecule has 0 amide bonds. The summed E-state index contributed by atoms with van der Waals surface area (Å²) in [5.41, 5.74) is -0.633. The summed E-state index contributed by atoms with van der Waals surface area (Å²) in [6.45, 7) is 0. The van der Waals surface area contributed by atoms with E-state index in [2.05, 4.69) is 21.0 Å². The van der Waals surface area contributed by atoms with Crippen molar-refractivity contribution < 1.29 is 9.90 Å². The molecule has 0 saturated heterocycles. The molecule has 0 radical (unpaired) electrons. The Labute approximate surface area is 115 Å². The number of aromatic carboxylic acids is 1. The van der Waals surface area contributed by atoms with E-state index >= 15 is 0 Å². The van der Waals surface area contributed by atoms with E-state index in [1.165, 1.54) is 10.9 Å². The normalized spacial score (nSPS) is 10.3. The fourth-order valence-electron chi connectivity index (χ4n) is 1.35. The molecule has 0 aliphatic heterocycles. The second-order valence-electron chi connectivity index (χ2n) is 3.37. The van der Waals surface area contributed by atoms with Crippen LogP contribution in [0.4, 0.5) is 0 Å². The summed E-state index contributed by atoms with van der Waals surface area (Å²) in [5.74, 6) is -1.37. The SMILES string of the molecule is O=C(O)c1nn(-c2cc(Cl)ccc2Br)ccc1=O. The average Bonchev–Trinajstić information content (AvgIpc) is 2.33. The van der Waals surface area contributed by atoms with Gasteiger partial charge in [-0.15, -0.1) is 0 Å². The van der Waals surface area contributed by atoms with E-state index in [1.807, 2.05) is 0 Å². The Morgan fingerprint density at radius 2 is 2.11 bits per heavy atom. The van der Waals surface area contributed by atoms with Gasteiger partial charge >= 0.3 is 5.97 Å². The molecular weight excluding hydrogens is 323 g/mol. The van der Waals surface area contributed by atoms with Crippen molar-refractivity contribution in [3.05, 3.63) is 55.9 Å². The van der Waals surface area contributed by atoms with Crippen LogP contribution in [0.1, 0.15) is 10.5 Å². The highest BCUT2D eigenvalue weighted by atomic mass is 79.9. The molecule has 0 atom stereocenters. The van der Waals surface area contributed by atoms with Crippen molar-refractivity contribution in [2.24, 2.45) is 0 Å². The summed E-state index contributed by atoms with van der Waals surface area (Å²) in [5, 5.41) is 13.1. The molecule has 2 rings (SSSR count). The van der Waals surface area contributed by atoms with Gasteiger partial charge in [-0.1, -0.05) is 11.6 Å². The van der Waals surface area contributed by atoms with Crippen molar-refractivity contribution in [3.8, 4) is 5.69 Å². The maximum absolute atomic E-state index is 11.3. The Balaban J connectivity index is 2.65. The van der Waals surface area contributed by atoms with Crippen molar-refractivity contribution in [1.29, 1.82) is 0 Å².